The first-order valence-electron chi connectivity index (χ1n) is 10.5. The summed E-state index contributed by atoms with van der Waals surface area (Å²) < 4.78 is 0. The van der Waals surface area contributed by atoms with E-state index in [1.165, 1.54) is 22.7 Å². The van der Waals surface area contributed by atoms with Gasteiger partial charge in [-0.3, -0.25) is 29.5 Å². The fraction of sp³-hybridized carbons (Fsp3) is 0.350. The Hall–Kier alpha value is -3.65. The third-order valence-corrected chi connectivity index (χ3v) is 7.74. The molecule has 4 N–H and O–H groups in total. The molecule has 5 heterocycles. The highest BCUT2D eigenvalue weighted by Crippen LogP contribution is 2.32. The van der Waals surface area contributed by atoms with Crippen molar-refractivity contribution < 1.29 is 9.59 Å². The topological polar surface area (TPSA) is 170 Å². The standard InChI is InChI=1S/C20H20N8O4S2/c1-8-13(34-9(2)21-8)19(31)28-5-3-10(4-6-28)18-22-11(7-33-18)16(29)23-14-12-15(27-26-14)24-20(32)25-17(12)30/h7,10H,3-6H2,1-2H3,(H4,23,24,25,26,27,29,30,32). The van der Waals surface area contributed by atoms with Crippen molar-refractivity contribution in [3.63, 3.8) is 0 Å². The monoisotopic (exact) mass is 500 g/mol. The van der Waals surface area contributed by atoms with E-state index < -0.39 is 17.2 Å². The number of likely N-dealkylation sites (tertiary alicyclic amines) is 1. The third-order valence-electron chi connectivity index (χ3n) is 5.67. The minimum Gasteiger partial charge on any atom is -0.338 e. The van der Waals surface area contributed by atoms with Crippen molar-refractivity contribution in [3.05, 3.63) is 52.5 Å². The summed E-state index contributed by atoms with van der Waals surface area (Å²) in [5, 5.41) is 12.4. The van der Waals surface area contributed by atoms with Gasteiger partial charge in [0.15, 0.2) is 5.65 Å². The van der Waals surface area contributed by atoms with Crippen LogP contribution in [0.4, 0.5) is 5.82 Å². The summed E-state index contributed by atoms with van der Waals surface area (Å²) in [6, 6.07) is 0. The smallest absolute Gasteiger partial charge is 0.327 e. The normalized spacial score (nSPS) is 14.6. The quantitative estimate of drug-likeness (QED) is 0.331. The van der Waals surface area contributed by atoms with Crippen molar-refractivity contribution in [1.29, 1.82) is 0 Å². The average molecular weight is 501 g/mol. The Bertz CT molecular complexity index is 1520. The number of aromatic amines is 3. The minimum absolute atomic E-state index is 0.0175. The van der Waals surface area contributed by atoms with E-state index in [1.807, 2.05) is 18.7 Å². The van der Waals surface area contributed by atoms with Gasteiger partial charge in [-0.15, -0.1) is 22.7 Å². The van der Waals surface area contributed by atoms with Gasteiger partial charge >= 0.3 is 5.69 Å². The van der Waals surface area contributed by atoms with E-state index in [2.05, 4.69) is 35.5 Å². The zero-order chi connectivity index (χ0) is 24.0. The van der Waals surface area contributed by atoms with E-state index in [9.17, 15) is 19.2 Å². The molecule has 4 aromatic heterocycles. The van der Waals surface area contributed by atoms with Gasteiger partial charge in [-0.05, 0) is 26.7 Å². The number of piperidine rings is 1. The van der Waals surface area contributed by atoms with E-state index >= 15 is 0 Å². The van der Waals surface area contributed by atoms with Gasteiger partial charge < -0.3 is 10.2 Å². The number of aromatic nitrogens is 6. The molecule has 1 saturated heterocycles. The van der Waals surface area contributed by atoms with Crippen molar-refractivity contribution in [1.82, 2.24) is 35.0 Å². The van der Waals surface area contributed by atoms with Gasteiger partial charge in [-0.1, -0.05) is 0 Å². The maximum Gasteiger partial charge on any atom is 0.327 e. The van der Waals surface area contributed by atoms with Crippen LogP contribution < -0.4 is 16.6 Å². The largest absolute Gasteiger partial charge is 0.338 e. The zero-order valence-corrected chi connectivity index (χ0v) is 19.9. The Morgan fingerprint density at radius 2 is 1.91 bits per heavy atom. The van der Waals surface area contributed by atoms with Crippen LogP contribution in [0.1, 0.15) is 54.6 Å². The van der Waals surface area contributed by atoms with Gasteiger partial charge in [0.05, 0.1) is 15.7 Å². The molecule has 34 heavy (non-hydrogen) atoms. The highest BCUT2D eigenvalue weighted by atomic mass is 32.1. The summed E-state index contributed by atoms with van der Waals surface area (Å²) in [5.41, 5.74) is -0.308. The molecular formula is C20H20N8O4S2. The predicted octanol–water partition coefficient (Wildman–Crippen LogP) is 1.74. The molecule has 2 amide bonds. The maximum absolute atomic E-state index is 12.8. The molecule has 0 spiro atoms. The van der Waals surface area contributed by atoms with Crippen LogP contribution >= 0.6 is 22.7 Å². The number of hydrogen-bond acceptors (Lipinski definition) is 9. The Kier molecular flexibility index (Phi) is 5.61. The number of fused-ring (bicyclic) bond motifs is 1. The molecule has 0 bridgehead atoms. The molecule has 14 heteroatoms. The van der Waals surface area contributed by atoms with Gasteiger partial charge in [0.2, 0.25) is 0 Å². The third kappa shape index (κ3) is 4.05. The molecule has 5 rings (SSSR count). The van der Waals surface area contributed by atoms with Crippen LogP contribution in [0.25, 0.3) is 11.0 Å². The molecule has 176 valence electrons. The summed E-state index contributed by atoms with van der Waals surface area (Å²) in [7, 11) is 0. The summed E-state index contributed by atoms with van der Waals surface area (Å²) in [5.74, 6) is -0.251. The number of nitrogens with zero attached hydrogens (tertiary/aromatic N) is 4. The summed E-state index contributed by atoms with van der Waals surface area (Å²) in [4.78, 5) is 64.8. The van der Waals surface area contributed by atoms with Crippen molar-refractivity contribution in [2.24, 2.45) is 0 Å². The van der Waals surface area contributed by atoms with Gasteiger partial charge in [-0.25, -0.2) is 14.8 Å². The van der Waals surface area contributed by atoms with Crippen molar-refractivity contribution in [2.75, 3.05) is 18.4 Å². The van der Waals surface area contributed by atoms with E-state index in [1.54, 1.807) is 5.38 Å². The molecule has 1 aliphatic rings. The second kappa shape index (κ2) is 8.61. The first-order chi connectivity index (χ1) is 16.3. The summed E-state index contributed by atoms with van der Waals surface area (Å²) in [6.45, 7) is 4.97. The van der Waals surface area contributed by atoms with Crippen LogP contribution in [-0.2, 0) is 0 Å². The van der Waals surface area contributed by atoms with E-state index in [4.69, 9.17) is 0 Å². The van der Waals surface area contributed by atoms with Crippen LogP contribution in [0.2, 0.25) is 0 Å². The summed E-state index contributed by atoms with van der Waals surface area (Å²) >= 11 is 2.81. The fourth-order valence-corrected chi connectivity index (χ4v) is 5.87. The lowest BCUT2D eigenvalue weighted by Gasteiger charge is -2.30. The molecule has 0 atom stereocenters. The first-order valence-corrected chi connectivity index (χ1v) is 12.2. The Morgan fingerprint density at radius 1 is 1.15 bits per heavy atom. The van der Waals surface area contributed by atoms with Crippen LogP contribution in [0, 0.1) is 13.8 Å². The second-order valence-electron chi connectivity index (χ2n) is 7.97. The zero-order valence-electron chi connectivity index (χ0n) is 18.2. The van der Waals surface area contributed by atoms with Crippen LogP contribution in [0.5, 0.6) is 0 Å². The number of hydrogen-bond donors (Lipinski definition) is 4. The molecule has 0 saturated carbocycles. The Morgan fingerprint density at radius 3 is 2.62 bits per heavy atom. The Labute approximate surface area is 199 Å². The van der Waals surface area contributed by atoms with Gasteiger partial charge in [0.1, 0.15) is 21.8 Å². The maximum atomic E-state index is 12.8. The number of H-pyrrole nitrogens is 3. The van der Waals surface area contributed by atoms with Crippen molar-refractivity contribution in [3.8, 4) is 0 Å². The first kappa shape index (κ1) is 22.2. The highest BCUT2D eigenvalue weighted by Gasteiger charge is 2.28. The molecule has 0 aromatic carbocycles. The minimum atomic E-state index is -0.684. The molecule has 12 nitrogen and oxygen atoms in total. The van der Waals surface area contributed by atoms with Crippen LogP contribution in [0.3, 0.4) is 0 Å². The molecule has 0 radical (unpaired) electrons. The summed E-state index contributed by atoms with van der Waals surface area (Å²) in [6.07, 6.45) is 1.51. The molecule has 1 aliphatic heterocycles. The number of carbonyl (C=O) groups excluding carboxylic acids is 2. The SMILES string of the molecule is Cc1nc(C)c(C(=O)N2CCC(c3nc(C(=O)Nc4[nH]nc5[nH]c(=O)[nH]c(=O)c45)cs3)CC2)s1. The van der Waals surface area contributed by atoms with Gasteiger partial charge in [-0.2, -0.15) is 5.10 Å². The number of thiazole rings is 2. The van der Waals surface area contributed by atoms with Crippen LogP contribution in [0.15, 0.2) is 15.0 Å². The average Bonchev–Trinajstić information content (AvgIpc) is 3.52. The van der Waals surface area contributed by atoms with E-state index in [-0.39, 0.29) is 34.4 Å². The number of amides is 2. The lowest BCUT2D eigenvalue weighted by molar-refractivity contribution is 0.0717. The lowest BCUT2D eigenvalue weighted by atomic mass is 9.97. The molecule has 0 unspecified atom stereocenters. The van der Waals surface area contributed by atoms with E-state index in [0.717, 1.165) is 28.6 Å². The van der Waals surface area contributed by atoms with Crippen LogP contribution in [-0.4, -0.2) is 59.9 Å². The van der Waals surface area contributed by atoms with E-state index in [0.29, 0.717) is 18.0 Å². The highest BCUT2D eigenvalue weighted by molar-refractivity contribution is 7.13. The molecule has 1 fully saturated rings. The molecule has 0 aliphatic carbocycles. The fourth-order valence-electron chi connectivity index (χ4n) is 4.01. The predicted molar refractivity (Wildman–Crippen MR) is 127 cm³/mol. The number of aryl methyl sites for hydroxylation is 2. The lowest BCUT2D eigenvalue weighted by Crippen LogP contribution is -2.37. The van der Waals surface area contributed by atoms with Gasteiger partial charge in [0, 0.05) is 24.4 Å². The number of anilines is 1. The van der Waals surface area contributed by atoms with Crippen molar-refractivity contribution in [2.45, 2.75) is 32.6 Å². The molecule has 4 aromatic rings. The number of carbonyl (C=O) groups is 2. The van der Waals surface area contributed by atoms with Gasteiger partial charge in [0.25, 0.3) is 17.4 Å². The van der Waals surface area contributed by atoms with Crippen molar-refractivity contribution >= 4 is 51.3 Å². The number of rotatable bonds is 4. The second-order valence-corrected chi connectivity index (χ2v) is 10.1. The number of nitrogens with one attached hydrogen (secondary N) is 4. The molecular weight excluding hydrogens is 480 g/mol. The Balaban J connectivity index is 1.25.